The van der Waals surface area contributed by atoms with Crippen LogP contribution in [0.2, 0.25) is 0 Å². The Morgan fingerprint density at radius 3 is 2.57 bits per heavy atom. The summed E-state index contributed by atoms with van der Waals surface area (Å²) in [5.74, 6) is -0.483. The lowest BCUT2D eigenvalue weighted by molar-refractivity contribution is -0.143. The number of amides is 1. The summed E-state index contributed by atoms with van der Waals surface area (Å²) in [6, 6.07) is 8.83. The molecule has 0 aliphatic heterocycles. The van der Waals surface area contributed by atoms with Crippen molar-refractivity contribution in [1.82, 2.24) is 14.9 Å². The van der Waals surface area contributed by atoms with Gasteiger partial charge in [-0.15, -0.1) is 0 Å². The highest BCUT2D eigenvalue weighted by molar-refractivity contribution is 5.94. The molecule has 2 aromatic heterocycles. The van der Waals surface area contributed by atoms with E-state index in [0.29, 0.717) is 18.7 Å². The van der Waals surface area contributed by atoms with Gasteiger partial charge in [0.15, 0.2) is 0 Å². The first-order valence-corrected chi connectivity index (χ1v) is 7.45. The Bertz CT molecular complexity index is 632. The Hall–Kier alpha value is -2.76. The monoisotopic (exact) mass is 313 g/mol. The predicted octanol–water partition coefficient (Wildman–Crippen LogP) is 2.07. The third-order valence-corrected chi connectivity index (χ3v) is 3.18. The van der Waals surface area contributed by atoms with Crippen molar-refractivity contribution in [1.29, 1.82) is 0 Å². The molecule has 6 nitrogen and oxygen atoms in total. The third kappa shape index (κ3) is 5.18. The van der Waals surface area contributed by atoms with E-state index in [1.54, 1.807) is 42.5 Å². The van der Waals surface area contributed by atoms with Gasteiger partial charge in [-0.05, 0) is 31.2 Å². The van der Waals surface area contributed by atoms with Crippen molar-refractivity contribution >= 4 is 11.9 Å². The van der Waals surface area contributed by atoms with Gasteiger partial charge < -0.3 is 9.64 Å². The average Bonchev–Trinajstić information content (AvgIpc) is 2.60. The maximum atomic E-state index is 12.6. The van der Waals surface area contributed by atoms with Crippen molar-refractivity contribution in [3.05, 3.63) is 60.2 Å². The number of carbonyl (C=O) groups excluding carboxylic acids is 2. The second-order valence-corrected chi connectivity index (χ2v) is 4.84. The van der Waals surface area contributed by atoms with Crippen LogP contribution in [0.1, 0.15) is 29.4 Å². The van der Waals surface area contributed by atoms with Gasteiger partial charge >= 0.3 is 5.97 Å². The first kappa shape index (κ1) is 16.6. The normalized spacial score (nSPS) is 10.1. The lowest BCUT2D eigenvalue weighted by atomic mass is 10.2. The predicted molar refractivity (Wildman–Crippen MR) is 84.5 cm³/mol. The van der Waals surface area contributed by atoms with Crippen LogP contribution in [0.5, 0.6) is 0 Å². The first-order valence-electron chi connectivity index (χ1n) is 7.45. The van der Waals surface area contributed by atoms with E-state index in [-0.39, 0.29) is 24.8 Å². The molecule has 0 bridgehead atoms. The third-order valence-electron chi connectivity index (χ3n) is 3.18. The smallest absolute Gasteiger partial charge is 0.307 e. The van der Waals surface area contributed by atoms with E-state index in [1.807, 2.05) is 18.2 Å². The van der Waals surface area contributed by atoms with Gasteiger partial charge in [0.2, 0.25) is 0 Å². The molecule has 0 spiro atoms. The Morgan fingerprint density at radius 2 is 1.91 bits per heavy atom. The molecular weight excluding hydrogens is 294 g/mol. The molecule has 0 aliphatic carbocycles. The zero-order valence-corrected chi connectivity index (χ0v) is 13.0. The zero-order valence-electron chi connectivity index (χ0n) is 13.0. The van der Waals surface area contributed by atoms with E-state index in [9.17, 15) is 9.59 Å². The molecule has 0 atom stereocenters. The SMILES string of the molecule is CCOC(=O)CCN(Cc1ccccn1)C(=O)c1ccncc1. The summed E-state index contributed by atoms with van der Waals surface area (Å²) in [5.41, 5.74) is 1.29. The summed E-state index contributed by atoms with van der Waals surface area (Å²) in [4.78, 5) is 34.0. The van der Waals surface area contributed by atoms with Crippen LogP contribution in [-0.2, 0) is 16.1 Å². The van der Waals surface area contributed by atoms with Crippen LogP contribution >= 0.6 is 0 Å². The van der Waals surface area contributed by atoms with Gasteiger partial charge in [0.1, 0.15) is 0 Å². The number of aromatic nitrogens is 2. The van der Waals surface area contributed by atoms with Crippen LogP contribution in [0.25, 0.3) is 0 Å². The summed E-state index contributed by atoms with van der Waals surface area (Å²) < 4.78 is 4.93. The minimum atomic E-state index is -0.318. The first-order chi connectivity index (χ1) is 11.2. The molecule has 0 N–H and O–H groups in total. The molecule has 6 heteroatoms. The Balaban J connectivity index is 2.10. The fraction of sp³-hybridized carbons (Fsp3) is 0.294. The van der Waals surface area contributed by atoms with E-state index < -0.39 is 0 Å². The van der Waals surface area contributed by atoms with Crippen molar-refractivity contribution in [2.24, 2.45) is 0 Å². The molecule has 120 valence electrons. The number of hydrogen-bond acceptors (Lipinski definition) is 5. The molecule has 0 unspecified atom stereocenters. The minimum Gasteiger partial charge on any atom is -0.466 e. The van der Waals surface area contributed by atoms with Crippen molar-refractivity contribution in [3.8, 4) is 0 Å². The molecule has 0 radical (unpaired) electrons. The largest absolute Gasteiger partial charge is 0.466 e. The van der Waals surface area contributed by atoms with Crippen LogP contribution in [0.3, 0.4) is 0 Å². The maximum Gasteiger partial charge on any atom is 0.307 e. The van der Waals surface area contributed by atoms with E-state index in [0.717, 1.165) is 5.69 Å². The second kappa shape index (κ2) is 8.63. The Morgan fingerprint density at radius 1 is 1.13 bits per heavy atom. The van der Waals surface area contributed by atoms with Gasteiger partial charge in [0, 0.05) is 30.7 Å². The van der Waals surface area contributed by atoms with Gasteiger partial charge in [0.25, 0.3) is 5.91 Å². The number of carbonyl (C=O) groups is 2. The van der Waals surface area contributed by atoms with E-state index >= 15 is 0 Å². The van der Waals surface area contributed by atoms with Crippen LogP contribution in [0.15, 0.2) is 48.9 Å². The number of hydrogen-bond donors (Lipinski definition) is 0. The van der Waals surface area contributed by atoms with Crippen LogP contribution in [0, 0.1) is 0 Å². The van der Waals surface area contributed by atoms with E-state index in [1.165, 1.54) is 0 Å². The molecular formula is C17H19N3O3. The lowest BCUT2D eigenvalue weighted by Crippen LogP contribution is -2.33. The number of ether oxygens (including phenoxy) is 1. The highest BCUT2D eigenvalue weighted by Crippen LogP contribution is 2.09. The van der Waals surface area contributed by atoms with Crippen molar-refractivity contribution < 1.29 is 14.3 Å². The molecule has 0 aromatic carbocycles. The average molecular weight is 313 g/mol. The molecule has 0 fully saturated rings. The van der Waals surface area contributed by atoms with Gasteiger partial charge in [0.05, 0.1) is 25.3 Å². The quantitative estimate of drug-likeness (QED) is 0.732. The van der Waals surface area contributed by atoms with Crippen molar-refractivity contribution in [3.63, 3.8) is 0 Å². The van der Waals surface area contributed by atoms with Crippen LogP contribution < -0.4 is 0 Å². The van der Waals surface area contributed by atoms with Gasteiger partial charge in [-0.2, -0.15) is 0 Å². The number of pyridine rings is 2. The highest BCUT2D eigenvalue weighted by atomic mass is 16.5. The number of rotatable bonds is 7. The van der Waals surface area contributed by atoms with Crippen molar-refractivity contribution in [2.75, 3.05) is 13.2 Å². The zero-order chi connectivity index (χ0) is 16.5. The van der Waals surface area contributed by atoms with Gasteiger partial charge in [-0.1, -0.05) is 6.07 Å². The fourth-order valence-corrected chi connectivity index (χ4v) is 2.08. The maximum absolute atomic E-state index is 12.6. The minimum absolute atomic E-state index is 0.150. The molecule has 2 rings (SSSR count). The van der Waals surface area contributed by atoms with Crippen molar-refractivity contribution in [2.45, 2.75) is 19.9 Å². The standard InChI is InChI=1S/C17H19N3O3/c1-2-23-16(21)8-12-20(13-15-5-3-4-9-19-15)17(22)14-6-10-18-11-7-14/h3-7,9-11H,2,8,12-13H2,1H3. The molecule has 0 saturated carbocycles. The Labute approximate surface area is 135 Å². The molecule has 23 heavy (non-hydrogen) atoms. The Kier molecular flexibility index (Phi) is 6.23. The van der Waals surface area contributed by atoms with Gasteiger partial charge in [-0.3, -0.25) is 19.6 Å². The summed E-state index contributed by atoms with van der Waals surface area (Å²) in [5, 5.41) is 0. The summed E-state index contributed by atoms with van der Waals surface area (Å²) in [6.45, 7) is 2.70. The summed E-state index contributed by atoms with van der Waals surface area (Å²) in [7, 11) is 0. The van der Waals surface area contributed by atoms with Gasteiger partial charge in [-0.25, -0.2) is 0 Å². The summed E-state index contributed by atoms with van der Waals surface area (Å²) >= 11 is 0. The lowest BCUT2D eigenvalue weighted by Gasteiger charge is -2.22. The highest BCUT2D eigenvalue weighted by Gasteiger charge is 2.18. The fourth-order valence-electron chi connectivity index (χ4n) is 2.08. The molecule has 0 saturated heterocycles. The molecule has 0 aliphatic rings. The van der Waals surface area contributed by atoms with E-state index in [2.05, 4.69) is 9.97 Å². The topological polar surface area (TPSA) is 72.4 Å². The molecule has 1 amide bonds. The van der Waals surface area contributed by atoms with E-state index in [4.69, 9.17) is 4.74 Å². The molecule has 2 heterocycles. The van der Waals surface area contributed by atoms with Crippen LogP contribution in [-0.4, -0.2) is 39.9 Å². The number of nitrogens with zero attached hydrogens (tertiary/aromatic N) is 3. The molecule has 2 aromatic rings. The second-order valence-electron chi connectivity index (χ2n) is 4.84. The summed E-state index contributed by atoms with van der Waals surface area (Å²) in [6.07, 6.45) is 4.96. The number of esters is 1. The van der Waals surface area contributed by atoms with Crippen LogP contribution in [0.4, 0.5) is 0 Å².